The Hall–Kier alpha value is -1.96. The summed E-state index contributed by atoms with van der Waals surface area (Å²) in [5, 5.41) is 21.7. The number of nitrogens with zero attached hydrogens (tertiary/aromatic N) is 4. The molecule has 2 heterocycles. The van der Waals surface area contributed by atoms with Crippen LogP contribution in [-0.2, 0) is 7.05 Å². The normalized spacial score (nSPS) is 16.0. The summed E-state index contributed by atoms with van der Waals surface area (Å²) < 4.78 is 1.54. The lowest BCUT2D eigenvalue weighted by atomic mass is 10.2. The molecule has 1 unspecified atom stereocenters. The number of nitro groups is 1. The molecule has 1 saturated carbocycles. The predicted molar refractivity (Wildman–Crippen MR) is 80.5 cm³/mol. The van der Waals surface area contributed by atoms with Crippen LogP contribution in [0.15, 0.2) is 5.38 Å². The maximum absolute atomic E-state index is 11.3. The molecule has 3 rings (SSSR count). The van der Waals surface area contributed by atoms with Crippen molar-refractivity contribution in [3.63, 3.8) is 0 Å². The first kappa shape index (κ1) is 14.0. The van der Waals surface area contributed by atoms with Crippen molar-refractivity contribution in [2.24, 2.45) is 13.0 Å². The lowest BCUT2D eigenvalue weighted by Crippen LogP contribution is -2.16. The molecule has 21 heavy (non-hydrogen) atoms. The maximum atomic E-state index is 11.3. The minimum Gasteiger partial charge on any atom is -0.355 e. The Labute approximate surface area is 126 Å². The summed E-state index contributed by atoms with van der Waals surface area (Å²) >= 11 is 1.60. The first-order valence-corrected chi connectivity index (χ1v) is 7.72. The Balaban J connectivity index is 1.95. The van der Waals surface area contributed by atoms with Gasteiger partial charge in [0.25, 0.3) is 0 Å². The predicted octanol–water partition coefficient (Wildman–Crippen LogP) is 2.96. The van der Waals surface area contributed by atoms with Crippen LogP contribution < -0.4 is 5.32 Å². The van der Waals surface area contributed by atoms with Crippen molar-refractivity contribution in [2.75, 3.05) is 5.32 Å². The monoisotopic (exact) mass is 307 g/mol. The van der Waals surface area contributed by atoms with Gasteiger partial charge < -0.3 is 5.32 Å². The van der Waals surface area contributed by atoms with Gasteiger partial charge in [-0.15, -0.1) is 11.3 Å². The molecule has 0 amide bonds. The van der Waals surface area contributed by atoms with Crippen molar-refractivity contribution >= 4 is 22.8 Å². The molecule has 0 saturated heterocycles. The van der Waals surface area contributed by atoms with Crippen molar-refractivity contribution < 1.29 is 4.92 Å². The van der Waals surface area contributed by atoms with Gasteiger partial charge in [0.1, 0.15) is 10.7 Å². The summed E-state index contributed by atoms with van der Waals surface area (Å²) in [7, 11) is 1.72. The van der Waals surface area contributed by atoms with Crippen molar-refractivity contribution in [3.8, 4) is 0 Å². The number of rotatable bonds is 5. The molecular formula is C13H17N5O2S. The van der Waals surface area contributed by atoms with Crippen LogP contribution in [0.5, 0.6) is 0 Å². The molecule has 2 aromatic heterocycles. The highest BCUT2D eigenvalue weighted by molar-refractivity contribution is 7.09. The van der Waals surface area contributed by atoms with Crippen LogP contribution in [-0.4, -0.2) is 19.7 Å². The van der Waals surface area contributed by atoms with E-state index in [4.69, 9.17) is 0 Å². The van der Waals surface area contributed by atoms with Crippen LogP contribution in [0.4, 0.5) is 11.5 Å². The molecule has 0 aromatic carbocycles. The van der Waals surface area contributed by atoms with Gasteiger partial charge in [-0.3, -0.25) is 10.1 Å². The highest BCUT2D eigenvalue weighted by atomic mass is 32.1. The van der Waals surface area contributed by atoms with Gasteiger partial charge in [-0.2, -0.15) is 5.10 Å². The van der Waals surface area contributed by atoms with Crippen LogP contribution in [0.2, 0.25) is 0 Å². The van der Waals surface area contributed by atoms with Crippen LogP contribution in [0, 0.1) is 29.9 Å². The smallest absolute Gasteiger partial charge is 0.333 e. The molecule has 2 aromatic rings. The molecule has 112 valence electrons. The van der Waals surface area contributed by atoms with E-state index in [9.17, 15) is 10.1 Å². The molecule has 1 aliphatic carbocycles. The number of aryl methyl sites for hydroxylation is 3. The molecule has 7 nitrogen and oxygen atoms in total. The Bertz CT molecular complexity index is 689. The second kappa shape index (κ2) is 5.10. The van der Waals surface area contributed by atoms with E-state index in [0.717, 1.165) is 23.5 Å². The quantitative estimate of drug-likeness (QED) is 0.678. The van der Waals surface area contributed by atoms with Gasteiger partial charge in [0, 0.05) is 18.1 Å². The summed E-state index contributed by atoms with van der Waals surface area (Å²) in [5.41, 5.74) is 1.46. The average molecular weight is 307 g/mol. The summed E-state index contributed by atoms with van der Waals surface area (Å²) in [5.74, 6) is 0.951. The van der Waals surface area contributed by atoms with Crippen molar-refractivity contribution in [1.82, 2.24) is 14.8 Å². The molecular weight excluding hydrogens is 290 g/mol. The second-order valence-corrected chi connectivity index (χ2v) is 6.34. The van der Waals surface area contributed by atoms with E-state index in [2.05, 4.69) is 15.4 Å². The molecule has 0 radical (unpaired) electrons. The van der Waals surface area contributed by atoms with E-state index in [1.54, 1.807) is 30.0 Å². The van der Waals surface area contributed by atoms with E-state index >= 15 is 0 Å². The van der Waals surface area contributed by atoms with Gasteiger partial charge >= 0.3 is 5.69 Å². The molecule has 0 aliphatic heterocycles. The van der Waals surface area contributed by atoms with Crippen molar-refractivity contribution in [3.05, 3.63) is 31.9 Å². The fraction of sp³-hybridized carbons (Fsp3) is 0.538. The molecule has 1 fully saturated rings. The summed E-state index contributed by atoms with van der Waals surface area (Å²) in [6, 6.07) is 0.0252. The second-order valence-electron chi connectivity index (χ2n) is 5.45. The third-order valence-electron chi connectivity index (χ3n) is 3.66. The lowest BCUT2D eigenvalue weighted by Gasteiger charge is -2.16. The number of nitrogens with one attached hydrogen (secondary N) is 1. The molecule has 1 N–H and O–H groups in total. The fourth-order valence-electron chi connectivity index (χ4n) is 2.50. The minimum atomic E-state index is -0.373. The highest BCUT2D eigenvalue weighted by Gasteiger charge is 2.37. The first-order valence-electron chi connectivity index (χ1n) is 6.84. The first-order chi connectivity index (χ1) is 9.97. The van der Waals surface area contributed by atoms with E-state index < -0.39 is 0 Å². The zero-order valence-electron chi connectivity index (χ0n) is 12.2. The van der Waals surface area contributed by atoms with Gasteiger partial charge in [0.05, 0.1) is 11.0 Å². The van der Waals surface area contributed by atoms with E-state index in [-0.39, 0.29) is 16.7 Å². The van der Waals surface area contributed by atoms with Gasteiger partial charge in [0.15, 0.2) is 0 Å². The van der Waals surface area contributed by atoms with Crippen molar-refractivity contribution in [1.29, 1.82) is 0 Å². The zero-order valence-corrected chi connectivity index (χ0v) is 13.0. The maximum Gasteiger partial charge on any atom is 0.333 e. The van der Waals surface area contributed by atoms with E-state index in [1.165, 1.54) is 0 Å². The summed E-state index contributed by atoms with van der Waals surface area (Å²) in [4.78, 5) is 15.4. The van der Waals surface area contributed by atoms with Crippen LogP contribution in [0.3, 0.4) is 0 Å². The number of anilines is 1. The average Bonchev–Trinajstić information content (AvgIpc) is 3.08. The van der Waals surface area contributed by atoms with E-state index in [0.29, 0.717) is 17.4 Å². The Morgan fingerprint density at radius 3 is 2.76 bits per heavy atom. The molecule has 0 bridgehead atoms. The number of hydrogen-bond acceptors (Lipinski definition) is 6. The van der Waals surface area contributed by atoms with Gasteiger partial charge in [-0.1, -0.05) is 0 Å². The topological polar surface area (TPSA) is 85.9 Å². The third-order valence-corrected chi connectivity index (χ3v) is 4.71. The Morgan fingerprint density at radius 2 is 2.24 bits per heavy atom. The van der Waals surface area contributed by atoms with E-state index in [1.807, 2.05) is 12.3 Å². The number of aromatic nitrogens is 3. The molecule has 1 atom stereocenters. The van der Waals surface area contributed by atoms with Crippen LogP contribution in [0.25, 0.3) is 0 Å². The van der Waals surface area contributed by atoms with Crippen molar-refractivity contribution in [2.45, 2.75) is 32.7 Å². The minimum absolute atomic E-state index is 0.0252. The number of thiazole rings is 1. The molecule has 8 heteroatoms. The zero-order chi connectivity index (χ0) is 15.1. The van der Waals surface area contributed by atoms with Crippen LogP contribution >= 0.6 is 11.3 Å². The van der Waals surface area contributed by atoms with Gasteiger partial charge in [-0.05, 0) is 32.6 Å². The lowest BCUT2D eigenvalue weighted by molar-refractivity contribution is -0.384. The summed E-state index contributed by atoms with van der Waals surface area (Å²) in [6.45, 7) is 3.61. The van der Waals surface area contributed by atoms with Gasteiger partial charge in [0.2, 0.25) is 5.82 Å². The van der Waals surface area contributed by atoms with Gasteiger partial charge in [-0.25, -0.2) is 9.67 Å². The Kier molecular flexibility index (Phi) is 3.40. The third kappa shape index (κ3) is 2.63. The van der Waals surface area contributed by atoms with Crippen LogP contribution in [0.1, 0.15) is 35.3 Å². The highest BCUT2D eigenvalue weighted by Crippen LogP contribution is 2.44. The Morgan fingerprint density at radius 1 is 1.52 bits per heavy atom. The SMILES string of the molecule is Cc1csc(C(Nc2c([N+](=O)[O-])c(C)nn2C)C2CC2)n1. The largest absolute Gasteiger partial charge is 0.355 e. The number of hydrogen-bond donors (Lipinski definition) is 1. The molecule has 1 aliphatic rings. The fourth-order valence-corrected chi connectivity index (χ4v) is 3.44. The molecule has 0 spiro atoms. The standard InChI is InChI=1S/C13H17N5O2S/c1-7-6-21-13(14-7)10(9-4-5-9)15-12-11(18(19)20)8(2)16-17(12)3/h6,9-10,15H,4-5H2,1-3H3. The summed E-state index contributed by atoms with van der Waals surface area (Å²) in [6.07, 6.45) is 2.25.